The zero-order chi connectivity index (χ0) is 26.3. The van der Waals surface area contributed by atoms with Gasteiger partial charge in [0.05, 0.1) is 25.6 Å². The number of rotatable bonds is 16. The van der Waals surface area contributed by atoms with E-state index in [2.05, 4.69) is 34.4 Å². The third-order valence-electron chi connectivity index (χ3n) is 5.84. The lowest BCUT2D eigenvalue weighted by Gasteiger charge is -2.24. The molecule has 0 heterocycles. The number of carbonyl (C=O) groups is 3. The maximum Gasteiger partial charge on any atom is 0.308 e. The highest BCUT2D eigenvalue weighted by atomic mass is 16.9. The molecule has 3 atom stereocenters. The number of hydrogen-bond donors (Lipinski definition) is 2. The zero-order valence-electron chi connectivity index (χ0n) is 20.5. The summed E-state index contributed by atoms with van der Waals surface area (Å²) in [5, 5.41) is 21.0. The van der Waals surface area contributed by atoms with E-state index in [0.29, 0.717) is 25.7 Å². The second-order valence-corrected chi connectivity index (χ2v) is 8.82. The molecule has 0 fully saturated rings. The van der Waals surface area contributed by atoms with Gasteiger partial charge in [-0.3, -0.25) is 14.4 Å². The van der Waals surface area contributed by atoms with E-state index in [1.165, 1.54) is 5.56 Å². The average Bonchev–Trinajstić information content (AvgIpc) is 2.85. The van der Waals surface area contributed by atoms with E-state index in [9.17, 15) is 24.5 Å². The van der Waals surface area contributed by atoms with Gasteiger partial charge in [-0.05, 0) is 37.7 Å². The van der Waals surface area contributed by atoms with Crippen LogP contribution in [0.25, 0.3) is 0 Å². The molecule has 196 valence electrons. The van der Waals surface area contributed by atoms with Gasteiger partial charge in [0.2, 0.25) is 5.91 Å². The molecule has 1 aliphatic carbocycles. The molecular weight excluding hydrogens is 468 g/mol. The zero-order valence-corrected chi connectivity index (χ0v) is 20.5. The summed E-state index contributed by atoms with van der Waals surface area (Å²) in [6, 6.07) is 9.79. The van der Waals surface area contributed by atoms with Crippen LogP contribution in [0.4, 0.5) is 0 Å². The largest absolute Gasteiger partial charge is 0.481 e. The fourth-order valence-corrected chi connectivity index (χ4v) is 3.94. The van der Waals surface area contributed by atoms with E-state index in [1.807, 2.05) is 24.3 Å². The predicted molar refractivity (Wildman–Crippen MR) is 131 cm³/mol. The minimum atomic E-state index is -1.05. The molecule has 2 rings (SSSR count). The lowest BCUT2D eigenvalue weighted by atomic mass is 9.87. The van der Waals surface area contributed by atoms with Crippen molar-refractivity contribution in [1.29, 1.82) is 0 Å². The van der Waals surface area contributed by atoms with E-state index >= 15 is 0 Å². The van der Waals surface area contributed by atoms with Crippen LogP contribution in [0.1, 0.15) is 63.4 Å². The molecule has 2 N–H and O–H groups in total. The molecule has 0 radical (unpaired) electrons. The smallest absolute Gasteiger partial charge is 0.308 e. The van der Waals surface area contributed by atoms with Gasteiger partial charge in [-0.25, -0.2) is 0 Å². The van der Waals surface area contributed by atoms with Crippen molar-refractivity contribution >= 4 is 17.8 Å². The van der Waals surface area contributed by atoms with Crippen molar-refractivity contribution < 1.29 is 34.2 Å². The Bertz CT molecular complexity index is 945. The van der Waals surface area contributed by atoms with E-state index in [-0.39, 0.29) is 43.9 Å². The Kier molecular flexibility index (Phi) is 12.2. The van der Waals surface area contributed by atoms with Gasteiger partial charge in [-0.15, -0.1) is 10.1 Å². The van der Waals surface area contributed by atoms with E-state index in [4.69, 9.17) is 9.84 Å². The highest BCUT2D eigenvalue weighted by Gasteiger charge is 2.23. The summed E-state index contributed by atoms with van der Waals surface area (Å²) in [4.78, 5) is 49.9. The van der Waals surface area contributed by atoms with Gasteiger partial charge < -0.3 is 20.0 Å². The van der Waals surface area contributed by atoms with Crippen molar-refractivity contribution in [2.75, 3.05) is 13.2 Å². The van der Waals surface area contributed by atoms with E-state index < -0.39 is 22.9 Å². The van der Waals surface area contributed by atoms with Crippen molar-refractivity contribution in [2.45, 2.75) is 63.8 Å². The number of aliphatic carboxylic acids is 1. The SMILES string of the molecule is CC(C[C@@H](CC1=CCC(c2ccccc2)C=C1)NC(=O)CCC(=O)O)C(=O)OCCCCO[N+](=O)[O-]. The lowest BCUT2D eigenvalue weighted by Crippen LogP contribution is -2.38. The van der Waals surface area contributed by atoms with Crippen LogP contribution in [-0.4, -0.2) is 47.3 Å². The van der Waals surface area contributed by atoms with Crippen LogP contribution >= 0.6 is 0 Å². The summed E-state index contributed by atoms with van der Waals surface area (Å²) in [7, 11) is 0. The number of ether oxygens (including phenoxy) is 1. The van der Waals surface area contributed by atoms with Crippen LogP contribution in [0.3, 0.4) is 0 Å². The quantitative estimate of drug-likeness (QED) is 0.150. The average molecular weight is 503 g/mol. The summed E-state index contributed by atoms with van der Waals surface area (Å²) in [5.41, 5.74) is 2.26. The number of carbonyl (C=O) groups excluding carboxylic acids is 2. The first-order valence-electron chi connectivity index (χ1n) is 12.1. The Balaban J connectivity index is 1.90. The third kappa shape index (κ3) is 11.2. The third-order valence-corrected chi connectivity index (χ3v) is 5.84. The summed E-state index contributed by atoms with van der Waals surface area (Å²) in [5.74, 6) is -2.08. The first-order chi connectivity index (χ1) is 17.2. The van der Waals surface area contributed by atoms with Gasteiger partial charge in [-0.1, -0.05) is 61.1 Å². The van der Waals surface area contributed by atoms with Gasteiger partial charge in [0, 0.05) is 18.4 Å². The Morgan fingerprint density at radius 1 is 1.17 bits per heavy atom. The Labute approximate surface area is 210 Å². The molecule has 0 saturated carbocycles. The molecule has 10 heteroatoms. The topological polar surface area (TPSA) is 145 Å². The minimum absolute atomic E-state index is 0.0572. The first-order valence-corrected chi connectivity index (χ1v) is 12.1. The molecule has 2 unspecified atom stereocenters. The second-order valence-electron chi connectivity index (χ2n) is 8.82. The number of allylic oxidation sites excluding steroid dienone is 3. The van der Waals surface area contributed by atoms with Crippen molar-refractivity contribution in [2.24, 2.45) is 5.92 Å². The Morgan fingerprint density at radius 3 is 2.53 bits per heavy atom. The highest BCUT2D eigenvalue weighted by molar-refractivity contribution is 5.81. The van der Waals surface area contributed by atoms with E-state index in [1.54, 1.807) is 6.92 Å². The molecular formula is C26H34N2O8. The fourth-order valence-electron chi connectivity index (χ4n) is 3.94. The van der Waals surface area contributed by atoms with Crippen molar-refractivity contribution in [3.63, 3.8) is 0 Å². The monoisotopic (exact) mass is 502 g/mol. The molecule has 0 aromatic heterocycles. The molecule has 1 amide bonds. The maximum atomic E-state index is 12.4. The summed E-state index contributed by atoms with van der Waals surface area (Å²) in [6.07, 6.45) is 8.37. The number of nitrogens with one attached hydrogen (secondary N) is 1. The summed E-state index contributed by atoms with van der Waals surface area (Å²) in [6.45, 7) is 1.78. The number of amides is 1. The number of nitrogens with zero attached hydrogens (tertiary/aromatic N) is 1. The van der Waals surface area contributed by atoms with Gasteiger partial charge in [-0.2, -0.15) is 0 Å². The van der Waals surface area contributed by atoms with Gasteiger partial charge in [0.15, 0.2) is 0 Å². The molecule has 0 aliphatic heterocycles. The molecule has 0 bridgehead atoms. The maximum absolute atomic E-state index is 12.4. The number of benzene rings is 1. The fraction of sp³-hybridized carbons (Fsp3) is 0.500. The minimum Gasteiger partial charge on any atom is -0.481 e. The highest BCUT2D eigenvalue weighted by Crippen LogP contribution is 2.28. The Morgan fingerprint density at radius 2 is 1.89 bits per heavy atom. The number of esters is 1. The van der Waals surface area contributed by atoms with Crippen molar-refractivity contribution in [3.8, 4) is 0 Å². The van der Waals surface area contributed by atoms with Crippen LogP contribution in [-0.2, 0) is 24.0 Å². The van der Waals surface area contributed by atoms with Crippen LogP contribution < -0.4 is 5.32 Å². The lowest BCUT2D eigenvalue weighted by molar-refractivity contribution is -0.757. The predicted octanol–water partition coefficient (Wildman–Crippen LogP) is 3.95. The number of carboxylic acid groups (broad SMARTS) is 1. The second kappa shape index (κ2) is 15.3. The molecule has 36 heavy (non-hydrogen) atoms. The molecule has 0 spiro atoms. The molecule has 10 nitrogen and oxygen atoms in total. The Hall–Kier alpha value is -3.69. The summed E-state index contributed by atoms with van der Waals surface area (Å²) >= 11 is 0. The van der Waals surface area contributed by atoms with Crippen molar-refractivity contribution in [3.05, 3.63) is 69.8 Å². The number of carboxylic acids is 1. The van der Waals surface area contributed by atoms with Crippen LogP contribution in [0, 0.1) is 16.0 Å². The molecule has 1 aromatic rings. The van der Waals surface area contributed by atoms with E-state index in [0.717, 1.165) is 12.0 Å². The molecule has 1 aromatic carbocycles. The van der Waals surface area contributed by atoms with Gasteiger partial charge in [0.25, 0.3) is 5.09 Å². The summed E-state index contributed by atoms with van der Waals surface area (Å²) < 4.78 is 5.27. The standard InChI is InChI=1S/C26H34N2O8/c1-19(26(32)35-15-5-6-16-36-28(33)34)17-23(27-24(29)13-14-25(30)31)18-20-9-11-22(12-10-20)21-7-3-2-4-8-21/h2-4,7-11,19,22-23H,5-6,12-18H2,1H3,(H,27,29)(H,30,31)/t19?,22?,23-/m0/s1. The van der Waals surface area contributed by atoms with Crippen molar-refractivity contribution in [1.82, 2.24) is 5.32 Å². The van der Waals surface area contributed by atoms with Gasteiger partial charge in [0.1, 0.15) is 0 Å². The number of hydrogen-bond acceptors (Lipinski definition) is 7. The first kappa shape index (κ1) is 28.5. The molecule has 1 aliphatic rings. The van der Waals surface area contributed by atoms with Crippen LogP contribution in [0.15, 0.2) is 54.1 Å². The number of unbranched alkanes of at least 4 members (excludes halogenated alkanes) is 1. The normalized spacial score (nSPS) is 16.4. The van der Waals surface area contributed by atoms with Crippen LogP contribution in [0.2, 0.25) is 0 Å². The van der Waals surface area contributed by atoms with Crippen LogP contribution in [0.5, 0.6) is 0 Å². The molecule has 0 saturated heterocycles. The van der Waals surface area contributed by atoms with Gasteiger partial charge >= 0.3 is 11.9 Å².